The first kappa shape index (κ1) is 25.5. The van der Waals surface area contributed by atoms with Crippen molar-refractivity contribution in [2.75, 3.05) is 33.0 Å². The normalized spacial score (nSPS) is 8.95. The third-order valence-electron chi connectivity index (χ3n) is 2.12. The van der Waals surface area contributed by atoms with E-state index in [2.05, 4.69) is 19.7 Å². The van der Waals surface area contributed by atoms with E-state index in [0.29, 0.717) is 26.1 Å². The van der Waals surface area contributed by atoms with E-state index >= 15 is 0 Å². The lowest BCUT2D eigenvalue weighted by molar-refractivity contribution is -0.132. The standard InChI is InChI=1S/C6H14O3.C6H10O.C4H6O2/c7-3-1-2-6(4-8)5-9;1-3-5-7-6-4-2;1-3(2)4(5)6/h6-9H,1-5H2;3-4H,1-2,5-6H2;1H2,2H3,(H,5,6). The van der Waals surface area contributed by atoms with Gasteiger partial charge in [-0.1, -0.05) is 18.7 Å². The molecular weight excluding hydrogens is 288 g/mol. The molecule has 0 aromatic carbocycles. The van der Waals surface area contributed by atoms with Gasteiger partial charge in [-0.3, -0.25) is 0 Å². The Hall–Kier alpha value is -1.47. The minimum atomic E-state index is -0.935. The molecule has 0 fully saturated rings. The van der Waals surface area contributed by atoms with Crippen LogP contribution in [0.4, 0.5) is 0 Å². The van der Waals surface area contributed by atoms with Crippen molar-refractivity contribution in [3.8, 4) is 0 Å². The fourth-order valence-electron chi connectivity index (χ4n) is 0.855. The number of ether oxygens (including phenoxy) is 1. The Morgan fingerprint density at radius 3 is 1.77 bits per heavy atom. The van der Waals surface area contributed by atoms with Gasteiger partial charge in [0.05, 0.1) is 13.2 Å². The van der Waals surface area contributed by atoms with Gasteiger partial charge >= 0.3 is 5.97 Å². The summed E-state index contributed by atoms with van der Waals surface area (Å²) in [7, 11) is 0. The van der Waals surface area contributed by atoms with Gasteiger partial charge in [0.15, 0.2) is 0 Å². The topological polar surface area (TPSA) is 107 Å². The van der Waals surface area contributed by atoms with E-state index in [1.54, 1.807) is 12.2 Å². The van der Waals surface area contributed by atoms with E-state index in [4.69, 9.17) is 25.2 Å². The van der Waals surface area contributed by atoms with Crippen LogP contribution in [-0.4, -0.2) is 59.4 Å². The summed E-state index contributed by atoms with van der Waals surface area (Å²) in [5.41, 5.74) is 0.176. The van der Waals surface area contributed by atoms with Crippen LogP contribution in [0.2, 0.25) is 0 Å². The molecule has 0 aliphatic heterocycles. The molecule has 0 aromatic rings. The highest BCUT2D eigenvalue weighted by atomic mass is 16.5. The summed E-state index contributed by atoms with van der Waals surface area (Å²) in [5, 5.41) is 33.3. The SMILES string of the molecule is C=C(C)C(=O)O.C=CCOCC=C.OCCCC(CO)CO. The van der Waals surface area contributed by atoms with Crippen molar-refractivity contribution < 1.29 is 30.0 Å². The summed E-state index contributed by atoms with van der Waals surface area (Å²) in [6, 6.07) is 0. The van der Waals surface area contributed by atoms with Gasteiger partial charge in [-0.15, -0.1) is 13.2 Å². The first-order chi connectivity index (χ1) is 10.4. The summed E-state index contributed by atoms with van der Waals surface area (Å²) < 4.78 is 4.90. The molecule has 0 saturated carbocycles. The monoisotopic (exact) mass is 318 g/mol. The molecule has 0 amide bonds. The number of hydrogen-bond donors (Lipinski definition) is 4. The van der Waals surface area contributed by atoms with Crippen molar-refractivity contribution in [3.05, 3.63) is 37.5 Å². The minimum Gasteiger partial charge on any atom is -0.478 e. The molecule has 0 aliphatic rings. The van der Waals surface area contributed by atoms with Gasteiger partial charge in [0.1, 0.15) is 0 Å². The summed E-state index contributed by atoms with van der Waals surface area (Å²) in [4.78, 5) is 9.60. The molecule has 0 unspecified atom stereocenters. The zero-order chi connectivity index (χ0) is 17.8. The van der Waals surface area contributed by atoms with Gasteiger partial charge in [-0.25, -0.2) is 4.79 Å². The molecule has 0 heterocycles. The number of hydrogen-bond acceptors (Lipinski definition) is 5. The van der Waals surface area contributed by atoms with Crippen molar-refractivity contribution in [3.63, 3.8) is 0 Å². The van der Waals surface area contributed by atoms with Crippen LogP contribution < -0.4 is 0 Å². The molecule has 22 heavy (non-hydrogen) atoms. The van der Waals surface area contributed by atoms with Crippen LogP contribution >= 0.6 is 0 Å². The van der Waals surface area contributed by atoms with Gasteiger partial charge in [-0.2, -0.15) is 0 Å². The average Bonchev–Trinajstić information content (AvgIpc) is 2.50. The second-order valence-electron chi connectivity index (χ2n) is 4.30. The molecular formula is C16H30O6. The zero-order valence-electron chi connectivity index (χ0n) is 13.4. The second kappa shape index (κ2) is 21.8. The molecule has 130 valence electrons. The van der Waals surface area contributed by atoms with E-state index in [0.717, 1.165) is 0 Å². The van der Waals surface area contributed by atoms with Gasteiger partial charge in [-0.05, 0) is 19.8 Å². The lowest BCUT2D eigenvalue weighted by Gasteiger charge is -2.07. The lowest BCUT2D eigenvalue weighted by Crippen LogP contribution is -2.11. The summed E-state index contributed by atoms with van der Waals surface area (Å²) in [5.74, 6) is -0.979. The van der Waals surface area contributed by atoms with Crippen LogP contribution in [0.15, 0.2) is 37.5 Å². The van der Waals surface area contributed by atoms with Crippen molar-refractivity contribution >= 4 is 5.97 Å². The lowest BCUT2D eigenvalue weighted by atomic mass is 10.1. The van der Waals surface area contributed by atoms with Gasteiger partial charge < -0.3 is 25.2 Å². The average molecular weight is 318 g/mol. The minimum absolute atomic E-state index is 0.0104. The predicted octanol–water partition coefficient (Wildman–Crippen LogP) is 1.38. The predicted molar refractivity (Wildman–Crippen MR) is 87.6 cm³/mol. The number of aliphatic hydroxyl groups is 3. The summed E-state index contributed by atoms with van der Waals surface area (Å²) in [6.07, 6.45) is 4.78. The van der Waals surface area contributed by atoms with Crippen molar-refractivity contribution in [1.29, 1.82) is 0 Å². The second-order valence-corrected chi connectivity index (χ2v) is 4.30. The van der Waals surface area contributed by atoms with E-state index in [-0.39, 0.29) is 31.3 Å². The highest BCUT2D eigenvalue weighted by molar-refractivity contribution is 5.84. The van der Waals surface area contributed by atoms with E-state index in [1.807, 2.05) is 0 Å². The maximum Gasteiger partial charge on any atom is 0.330 e. The van der Waals surface area contributed by atoms with Gasteiger partial charge in [0.2, 0.25) is 0 Å². The van der Waals surface area contributed by atoms with Crippen LogP contribution in [-0.2, 0) is 9.53 Å². The number of aliphatic carboxylic acids is 1. The van der Waals surface area contributed by atoms with Crippen LogP contribution in [0.1, 0.15) is 19.8 Å². The number of carbonyl (C=O) groups is 1. The molecule has 0 radical (unpaired) electrons. The maximum atomic E-state index is 9.60. The first-order valence-corrected chi connectivity index (χ1v) is 6.92. The van der Waals surface area contributed by atoms with Crippen LogP contribution in [0.3, 0.4) is 0 Å². The molecule has 6 nitrogen and oxygen atoms in total. The van der Waals surface area contributed by atoms with Crippen LogP contribution in [0.25, 0.3) is 0 Å². The molecule has 0 aromatic heterocycles. The number of aliphatic hydroxyl groups excluding tert-OH is 3. The summed E-state index contributed by atoms with van der Waals surface area (Å²) >= 11 is 0. The molecule has 0 bridgehead atoms. The Labute approximate surface area is 133 Å². The molecule has 0 spiro atoms. The number of carboxylic acids is 1. The van der Waals surface area contributed by atoms with E-state index < -0.39 is 5.97 Å². The molecule has 0 atom stereocenters. The molecule has 0 aliphatic carbocycles. The fourth-order valence-corrected chi connectivity index (χ4v) is 0.855. The maximum absolute atomic E-state index is 9.60. The Balaban J connectivity index is -0.000000252. The smallest absolute Gasteiger partial charge is 0.330 e. The van der Waals surface area contributed by atoms with E-state index in [9.17, 15) is 4.79 Å². The largest absolute Gasteiger partial charge is 0.478 e. The molecule has 0 rings (SSSR count). The van der Waals surface area contributed by atoms with Crippen LogP contribution in [0, 0.1) is 5.92 Å². The Bertz CT molecular complexity index is 264. The van der Waals surface area contributed by atoms with Crippen LogP contribution in [0.5, 0.6) is 0 Å². The highest BCUT2D eigenvalue weighted by Gasteiger charge is 2.03. The highest BCUT2D eigenvalue weighted by Crippen LogP contribution is 2.02. The third-order valence-corrected chi connectivity index (χ3v) is 2.12. The third kappa shape index (κ3) is 27.0. The summed E-state index contributed by atoms with van der Waals surface area (Å²) in [6.45, 7) is 12.9. The molecule has 0 saturated heterocycles. The quantitative estimate of drug-likeness (QED) is 0.275. The Kier molecular flexibility index (Phi) is 25.3. The first-order valence-electron chi connectivity index (χ1n) is 6.92. The molecule has 6 heteroatoms. The van der Waals surface area contributed by atoms with E-state index in [1.165, 1.54) is 6.92 Å². The Morgan fingerprint density at radius 2 is 1.55 bits per heavy atom. The number of carboxylic acid groups (broad SMARTS) is 1. The Morgan fingerprint density at radius 1 is 1.14 bits per heavy atom. The van der Waals surface area contributed by atoms with Crippen molar-refractivity contribution in [2.45, 2.75) is 19.8 Å². The fraction of sp³-hybridized carbons (Fsp3) is 0.562. The van der Waals surface area contributed by atoms with Gasteiger partial charge in [0.25, 0.3) is 0 Å². The van der Waals surface area contributed by atoms with Crippen molar-refractivity contribution in [2.24, 2.45) is 5.92 Å². The number of rotatable bonds is 10. The zero-order valence-corrected chi connectivity index (χ0v) is 13.4. The van der Waals surface area contributed by atoms with Gasteiger partial charge in [0, 0.05) is 31.3 Å². The van der Waals surface area contributed by atoms with Crippen molar-refractivity contribution in [1.82, 2.24) is 0 Å². The molecule has 4 N–H and O–H groups in total.